The molecule has 0 fully saturated rings. The second-order valence-electron chi connectivity index (χ2n) is 3.15. The molecular weight excluding hydrogens is 140 g/mol. The minimum absolute atomic E-state index is 0.584. The molecular formula is C9H20S. The highest BCUT2D eigenvalue weighted by molar-refractivity contribution is 8.14. The van der Waals surface area contributed by atoms with Gasteiger partial charge in [-0.2, -0.15) is 10.5 Å². The summed E-state index contributed by atoms with van der Waals surface area (Å²) in [5, 5.41) is 2.43. The Hall–Kier alpha value is 0.220. The zero-order valence-electron chi connectivity index (χ0n) is 7.68. The van der Waals surface area contributed by atoms with Crippen LogP contribution in [0.5, 0.6) is 0 Å². The predicted octanol–water partition coefficient (Wildman–Crippen LogP) is 3.14. The molecule has 0 radical (unpaired) electrons. The third kappa shape index (κ3) is 6.34. The van der Waals surface area contributed by atoms with Gasteiger partial charge in [0, 0.05) is 0 Å². The lowest BCUT2D eigenvalue weighted by Crippen LogP contribution is -1.91. The molecule has 0 aromatic heterocycles. The quantitative estimate of drug-likeness (QED) is 0.554. The minimum atomic E-state index is 0.584. The number of rotatable bonds is 4. The van der Waals surface area contributed by atoms with Gasteiger partial charge in [0.05, 0.1) is 0 Å². The van der Waals surface area contributed by atoms with Crippen molar-refractivity contribution in [1.82, 2.24) is 0 Å². The second-order valence-corrected chi connectivity index (χ2v) is 5.28. The van der Waals surface area contributed by atoms with E-state index in [0.29, 0.717) is 10.5 Å². The first kappa shape index (κ1) is 10.2. The van der Waals surface area contributed by atoms with Gasteiger partial charge in [0.25, 0.3) is 0 Å². The van der Waals surface area contributed by atoms with E-state index in [-0.39, 0.29) is 0 Å². The molecule has 0 bridgehead atoms. The largest absolute Gasteiger partial charge is 0.193 e. The Labute approximate surface area is 68.0 Å². The van der Waals surface area contributed by atoms with Crippen LogP contribution in [0.4, 0.5) is 0 Å². The van der Waals surface area contributed by atoms with Gasteiger partial charge in [-0.25, -0.2) is 0 Å². The maximum atomic E-state index is 2.43. The van der Waals surface area contributed by atoms with E-state index in [1.165, 1.54) is 18.6 Å². The average molecular weight is 160 g/mol. The molecule has 0 aromatic rings. The molecule has 0 spiro atoms. The summed E-state index contributed by atoms with van der Waals surface area (Å²) in [6, 6.07) is 0. The first-order valence-corrected chi connectivity index (χ1v) is 5.98. The molecule has 0 saturated heterocycles. The van der Waals surface area contributed by atoms with Gasteiger partial charge >= 0.3 is 0 Å². The van der Waals surface area contributed by atoms with Crippen LogP contribution in [0.1, 0.15) is 33.6 Å². The van der Waals surface area contributed by atoms with Crippen molar-refractivity contribution in [1.29, 1.82) is 0 Å². The van der Waals surface area contributed by atoms with Crippen LogP contribution in [0.15, 0.2) is 0 Å². The Balaban J connectivity index is 3.39. The van der Waals surface area contributed by atoms with Crippen LogP contribution in [-0.2, 0) is 0 Å². The SMILES string of the molecule is CCC=S(C)CCC(C)C. The Kier molecular flexibility index (Phi) is 6.10. The highest BCUT2D eigenvalue weighted by Crippen LogP contribution is 2.11. The molecule has 1 heteroatoms. The molecule has 0 aromatic carbocycles. The first-order chi connectivity index (χ1) is 4.66. The van der Waals surface area contributed by atoms with Crippen LogP contribution in [0.25, 0.3) is 0 Å². The zero-order chi connectivity index (χ0) is 7.98. The summed E-state index contributed by atoms with van der Waals surface area (Å²) in [7, 11) is 0.584. The van der Waals surface area contributed by atoms with Gasteiger partial charge in [0.15, 0.2) is 0 Å². The van der Waals surface area contributed by atoms with Gasteiger partial charge in [-0.1, -0.05) is 26.1 Å². The molecule has 0 aliphatic carbocycles. The lowest BCUT2D eigenvalue weighted by atomic mass is 10.2. The van der Waals surface area contributed by atoms with Gasteiger partial charge < -0.3 is 0 Å². The predicted molar refractivity (Wildman–Crippen MR) is 54.2 cm³/mol. The molecule has 1 unspecified atom stereocenters. The third-order valence-electron chi connectivity index (χ3n) is 1.47. The van der Waals surface area contributed by atoms with E-state index in [1.807, 2.05) is 0 Å². The summed E-state index contributed by atoms with van der Waals surface area (Å²) in [6.07, 6.45) is 4.96. The van der Waals surface area contributed by atoms with Crippen molar-refractivity contribution < 1.29 is 0 Å². The molecule has 1 atom stereocenters. The Morgan fingerprint density at radius 1 is 1.40 bits per heavy atom. The summed E-state index contributed by atoms with van der Waals surface area (Å²) in [4.78, 5) is 0. The number of hydrogen-bond acceptors (Lipinski definition) is 0. The van der Waals surface area contributed by atoms with Gasteiger partial charge in [0.2, 0.25) is 0 Å². The van der Waals surface area contributed by atoms with Crippen LogP contribution < -0.4 is 0 Å². The molecule has 0 aliphatic rings. The van der Waals surface area contributed by atoms with Crippen molar-refractivity contribution in [3.8, 4) is 0 Å². The molecule has 62 valence electrons. The molecule has 0 amide bonds. The van der Waals surface area contributed by atoms with Crippen molar-refractivity contribution >= 4 is 15.9 Å². The normalized spacial score (nSPS) is 14.5. The fourth-order valence-electron chi connectivity index (χ4n) is 0.789. The molecule has 0 aliphatic heterocycles. The zero-order valence-corrected chi connectivity index (χ0v) is 8.50. The lowest BCUT2D eigenvalue weighted by Gasteiger charge is -2.04. The fourth-order valence-corrected chi connectivity index (χ4v) is 2.37. The van der Waals surface area contributed by atoms with E-state index in [1.54, 1.807) is 0 Å². The van der Waals surface area contributed by atoms with E-state index in [9.17, 15) is 0 Å². The monoisotopic (exact) mass is 160 g/mol. The minimum Gasteiger partial charge on any atom is -0.193 e. The van der Waals surface area contributed by atoms with Crippen molar-refractivity contribution in [3.63, 3.8) is 0 Å². The average Bonchev–Trinajstić information content (AvgIpc) is 1.85. The summed E-state index contributed by atoms with van der Waals surface area (Å²) < 4.78 is 0. The van der Waals surface area contributed by atoms with Gasteiger partial charge in [-0.15, -0.1) is 0 Å². The van der Waals surface area contributed by atoms with Crippen LogP contribution >= 0.6 is 10.5 Å². The lowest BCUT2D eigenvalue weighted by molar-refractivity contribution is 0.632. The molecule has 0 heterocycles. The van der Waals surface area contributed by atoms with Gasteiger partial charge in [-0.05, 0) is 30.8 Å². The summed E-state index contributed by atoms with van der Waals surface area (Å²) in [5.74, 6) is 2.27. The van der Waals surface area contributed by atoms with Crippen LogP contribution in [-0.4, -0.2) is 17.4 Å². The molecule has 0 saturated carbocycles. The molecule has 0 N–H and O–H groups in total. The van der Waals surface area contributed by atoms with E-state index in [0.717, 1.165) is 5.92 Å². The maximum Gasteiger partial charge on any atom is -0.0120 e. The summed E-state index contributed by atoms with van der Waals surface area (Å²) in [5.41, 5.74) is 0. The van der Waals surface area contributed by atoms with E-state index in [4.69, 9.17) is 0 Å². The molecule has 0 rings (SSSR count). The molecule has 0 nitrogen and oxygen atoms in total. The standard InChI is InChI=1S/C9H20S/c1-5-7-10(4)8-6-9(2)3/h7,9H,5-6,8H2,1-4H3. The smallest absolute Gasteiger partial charge is 0.0120 e. The summed E-state index contributed by atoms with van der Waals surface area (Å²) in [6.45, 7) is 6.81. The topological polar surface area (TPSA) is 0 Å². The van der Waals surface area contributed by atoms with E-state index >= 15 is 0 Å². The van der Waals surface area contributed by atoms with Crippen LogP contribution in [0.2, 0.25) is 0 Å². The van der Waals surface area contributed by atoms with Gasteiger partial charge in [-0.3, -0.25) is 0 Å². The van der Waals surface area contributed by atoms with Crippen molar-refractivity contribution in [3.05, 3.63) is 0 Å². The van der Waals surface area contributed by atoms with Crippen molar-refractivity contribution in [2.75, 3.05) is 12.0 Å². The van der Waals surface area contributed by atoms with E-state index < -0.39 is 0 Å². The van der Waals surface area contributed by atoms with Crippen LogP contribution in [0, 0.1) is 5.92 Å². The molecule has 10 heavy (non-hydrogen) atoms. The maximum absolute atomic E-state index is 2.43. The Bertz CT molecular complexity index is 103. The first-order valence-electron chi connectivity index (χ1n) is 4.11. The number of hydrogen-bond donors (Lipinski definition) is 0. The van der Waals surface area contributed by atoms with Crippen molar-refractivity contribution in [2.24, 2.45) is 5.92 Å². The Morgan fingerprint density at radius 2 is 2.00 bits per heavy atom. The van der Waals surface area contributed by atoms with Gasteiger partial charge in [0.1, 0.15) is 0 Å². The summed E-state index contributed by atoms with van der Waals surface area (Å²) >= 11 is 0. The Morgan fingerprint density at radius 3 is 2.40 bits per heavy atom. The van der Waals surface area contributed by atoms with Crippen molar-refractivity contribution in [2.45, 2.75) is 33.6 Å². The second kappa shape index (κ2) is 5.96. The highest BCUT2D eigenvalue weighted by atomic mass is 32.2. The third-order valence-corrected chi connectivity index (χ3v) is 3.25. The highest BCUT2D eigenvalue weighted by Gasteiger charge is 1.92. The fraction of sp³-hybridized carbons (Fsp3) is 0.889. The van der Waals surface area contributed by atoms with E-state index in [2.05, 4.69) is 32.4 Å². The van der Waals surface area contributed by atoms with Crippen LogP contribution in [0.3, 0.4) is 0 Å².